The molecule has 1 heterocycles. The van der Waals surface area contributed by atoms with Crippen molar-refractivity contribution in [1.82, 2.24) is 4.98 Å². The number of fused-ring (bicyclic) bond motifs is 1. The van der Waals surface area contributed by atoms with E-state index in [1.807, 2.05) is 49.4 Å². The van der Waals surface area contributed by atoms with Crippen molar-refractivity contribution in [3.63, 3.8) is 0 Å². The molecule has 0 atom stereocenters. The number of carboxylic acids is 1. The second-order valence-corrected chi connectivity index (χ2v) is 4.65. The Bertz CT molecular complexity index is 772. The van der Waals surface area contributed by atoms with Gasteiger partial charge in [-0.25, -0.2) is 4.79 Å². The number of aromatic nitrogens is 1. The van der Waals surface area contributed by atoms with Gasteiger partial charge in [-0.3, -0.25) is 0 Å². The number of carboxylic acid groups (broad SMARTS) is 1. The summed E-state index contributed by atoms with van der Waals surface area (Å²) in [7, 11) is 0. The summed E-state index contributed by atoms with van der Waals surface area (Å²) in [6.07, 6.45) is 0. The molecule has 0 bridgehead atoms. The number of nitrogens with one attached hydrogen (secondary N) is 1. The van der Waals surface area contributed by atoms with Crippen LogP contribution >= 0.6 is 0 Å². The van der Waals surface area contributed by atoms with Crippen molar-refractivity contribution in [2.24, 2.45) is 0 Å². The lowest BCUT2D eigenvalue weighted by molar-refractivity contribution is 0.0691. The molecule has 0 radical (unpaired) electrons. The molecule has 0 aliphatic heterocycles. The highest BCUT2D eigenvalue weighted by molar-refractivity contribution is 5.94. The first kappa shape index (κ1) is 12.3. The first-order valence-electron chi connectivity index (χ1n) is 6.22. The zero-order chi connectivity index (χ0) is 14.1. The highest BCUT2D eigenvalue weighted by atomic mass is 16.5. The molecule has 2 aromatic carbocycles. The molecule has 4 nitrogen and oxygen atoms in total. The fourth-order valence-corrected chi connectivity index (χ4v) is 2.03. The number of ether oxygens (including phenoxy) is 1. The van der Waals surface area contributed by atoms with Crippen LogP contribution in [0.15, 0.2) is 48.5 Å². The minimum atomic E-state index is -0.970. The van der Waals surface area contributed by atoms with E-state index in [1.54, 1.807) is 6.07 Å². The molecule has 3 rings (SSSR count). The fraction of sp³-hybridized carbons (Fsp3) is 0.0625. The summed E-state index contributed by atoms with van der Waals surface area (Å²) in [5, 5.41) is 9.77. The van der Waals surface area contributed by atoms with E-state index in [1.165, 1.54) is 5.56 Å². The maximum absolute atomic E-state index is 10.9. The Morgan fingerprint density at radius 1 is 1.05 bits per heavy atom. The summed E-state index contributed by atoms with van der Waals surface area (Å²) in [5.74, 6) is 0.462. The predicted molar refractivity (Wildman–Crippen MR) is 76.5 cm³/mol. The number of H-pyrrole nitrogens is 1. The molecule has 0 unspecified atom stereocenters. The molecule has 0 saturated heterocycles. The fourth-order valence-electron chi connectivity index (χ4n) is 2.03. The van der Waals surface area contributed by atoms with Gasteiger partial charge in [0, 0.05) is 10.9 Å². The smallest absolute Gasteiger partial charge is 0.352 e. The summed E-state index contributed by atoms with van der Waals surface area (Å²) < 4.78 is 5.75. The Kier molecular flexibility index (Phi) is 2.91. The molecular formula is C16H13NO3. The molecule has 0 aliphatic carbocycles. The number of hydrogen-bond donors (Lipinski definition) is 2. The van der Waals surface area contributed by atoms with Gasteiger partial charge in [0.2, 0.25) is 0 Å². The molecule has 2 N–H and O–H groups in total. The third-order valence-electron chi connectivity index (χ3n) is 3.08. The Morgan fingerprint density at radius 3 is 2.45 bits per heavy atom. The normalized spacial score (nSPS) is 10.7. The van der Waals surface area contributed by atoms with Crippen LogP contribution in [0.4, 0.5) is 0 Å². The molecule has 0 fully saturated rings. The van der Waals surface area contributed by atoms with Crippen molar-refractivity contribution in [3.05, 3.63) is 59.8 Å². The van der Waals surface area contributed by atoms with E-state index in [0.29, 0.717) is 5.75 Å². The molecule has 3 aromatic rings. The van der Waals surface area contributed by atoms with Crippen LogP contribution in [0.1, 0.15) is 16.1 Å². The van der Waals surface area contributed by atoms with Crippen molar-refractivity contribution in [2.75, 3.05) is 0 Å². The van der Waals surface area contributed by atoms with Crippen molar-refractivity contribution in [3.8, 4) is 11.5 Å². The van der Waals surface area contributed by atoms with E-state index in [9.17, 15) is 4.79 Å². The van der Waals surface area contributed by atoms with Gasteiger partial charge in [0.1, 0.15) is 17.2 Å². The Hall–Kier alpha value is -2.75. The van der Waals surface area contributed by atoms with Gasteiger partial charge in [-0.05, 0) is 43.3 Å². The Morgan fingerprint density at radius 2 is 1.75 bits per heavy atom. The quantitative estimate of drug-likeness (QED) is 0.754. The number of aryl methyl sites for hydroxylation is 1. The second kappa shape index (κ2) is 4.74. The standard InChI is InChI=1S/C16H13NO3/c1-10-2-4-12(5-3-10)20-13-6-7-14-11(8-13)9-15(17-14)16(18)19/h2-9,17H,1H3,(H,18,19). The maximum Gasteiger partial charge on any atom is 0.352 e. The van der Waals surface area contributed by atoms with Gasteiger partial charge in [0.05, 0.1) is 0 Å². The van der Waals surface area contributed by atoms with Crippen LogP contribution in [0, 0.1) is 6.92 Å². The van der Waals surface area contributed by atoms with Gasteiger partial charge in [-0.15, -0.1) is 0 Å². The van der Waals surface area contributed by atoms with E-state index < -0.39 is 5.97 Å². The summed E-state index contributed by atoms with van der Waals surface area (Å²) in [6.45, 7) is 2.02. The third kappa shape index (κ3) is 2.36. The van der Waals surface area contributed by atoms with Gasteiger partial charge in [0.15, 0.2) is 0 Å². The SMILES string of the molecule is Cc1ccc(Oc2ccc3[nH]c(C(=O)O)cc3c2)cc1. The van der Waals surface area contributed by atoms with Gasteiger partial charge < -0.3 is 14.8 Å². The Balaban J connectivity index is 1.92. The molecule has 20 heavy (non-hydrogen) atoms. The first-order valence-corrected chi connectivity index (χ1v) is 6.22. The molecule has 100 valence electrons. The Labute approximate surface area is 115 Å². The average molecular weight is 267 g/mol. The number of aromatic amines is 1. The van der Waals surface area contributed by atoms with Crippen LogP contribution in [0.5, 0.6) is 11.5 Å². The molecule has 0 aliphatic rings. The number of benzene rings is 2. The van der Waals surface area contributed by atoms with Crippen LogP contribution in [0.25, 0.3) is 10.9 Å². The minimum Gasteiger partial charge on any atom is -0.477 e. The highest BCUT2D eigenvalue weighted by Gasteiger charge is 2.08. The number of hydrogen-bond acceptors (Lipinski definition) is 2. The van der Waals surface area contributed by atoms with E-state index in [-0.39, 0.29) is 5.69 Å². The number of aromatic carboxylic acids is 1. The number of rotatable bonds is 3. The van der Waals surface area contributed by atoms with Crippen LogP contribution in [0.2, 0.25) is 0 Å². The van der Waals surface area contributed by atoms with E-state index in [4.69, 9.17) is 9.84 Å². The molecule has 0 spiro atoms. The molecule has 0 amide bonds. The van der Waals surface area contributed by atoms with E-state index in [0.717, 1.165) is 16.7 Å². The van der Waals surface area contributed by atoms with E-state index in [2.05, 4.69) is 4.98 Å². The maximum atomic E-state index is 10.9. The van der Waals surface area contributed by atoms with Gasteiger partial charge in [0.25, 0.3) is 0 Å². The van der Waals surface area contributed by atoms with E-state index >= 15 is 0 Å². The van der Waals surface area contributed by atoms with Crippen molar-refractivity contribution < 1.29 is 14.6 Å². The third-order valence-corrected chi connectivity index (χ3v) is 3.08. The van der Waals surface area contributed by atoms with Gasteiger partial charge in [-0.2, -0.15) is 0 Å². The van der Waals surface area contributed by atoms with Crippen molar-refractivity contribution >= 4 is 16.9 Å². The zero-order valence-corrected chi connectivity index (χ0v) is 10.9. The highest BCUT2D eigenvalue weighted by Crippen LogP contribution is 2.26. The molecular weight excluding hydrogens is 254 g/mol. The lowest BCUT2D eigenvalue weighted by Gasteiger charge is -2.05. The van der Waals surface area contributed by atoms with Crippen LogP contribution < -0.4 is 4.74 Å². The topological polar surface area (TPSA) is 62.3 Å². The molecule has 4 heteroatoms. The predicted octanol–water partition coefficient (Wildman–Crippen LogP) is 3.97. The minimum absolute atomic E-state index is 0.174. The lowest BCUT2D eigenvalue weighted by Crippen LogP contribution is -1.94. The first-order chi connectivity index (χ1) is 9.61. The van der Waals surface area contributed by atoms with Crippen LogP contribution in [0.3, 0.4) is 0 Å². The zero-order valence-electron chi connectivity index (χ0n) is 10.9. The molecule has 0 saturated carbocycles. The largest absolute Gasteiger partial charge is 0.477 e. The van der Waals surface area contributed by atoms with Crippen LogP contribution in [-0.2, 0) is 0 Å². The van der Waals surface area contributed by atoms with Crippen molar-refractivity contribution in [2.45, 2.75) is 6.92 Å². The monoisotopic (exact) mass is 267 g/mol. The summed E-state index contributed by atoms with van der Waals surface area (Å²) in [5.41, 5.74) is 2.12. The summed E-state index contributed by atoms with van der Waals surface area (Å²) in [6, 6.07) is 14.8. The summed E-state index contributed by atoms with van der Waals surface area (Å²) in [4.78, 5) is 13.8. The summed E-state index contributed by atoms with van der Waals surface area (Å²) >= 11 is 0. The number of carbonyl (C=O) groups is 1. The van der Waals surface area contributed by atoms with Crippen LogP contribution in [-0.4, -0.2) is 16.1 Å². The van der Waals surface area contributed by atoms with Gasteiger partial charge in [-0.1, -0.05) is 17.7 Å². The molecule has 1 aromatic heterocycles. The second-order valence-electron chi connectivity index (χ2n) is 4.65. The van der Waals surface area contributed by atoms with Crippen molar-refractivity contribution in [1.29, 1.82) is 0 Å². The lowest BCUT2D eigenvalue weighted by atomic mass is 10.2. The average Bonchev–Trinajstić information content (AvgIpc) is 2.85. The van der Waals surface area contributed by atoms with Gasteiger partial charge >= 0.3 is 5.97 Å².